The van der Waals surface area contributed by atoms with Gasteiger partial charge in [0.1, 0.15) is 5.69 Å². The quantitative estimate of drug-likeness (QED) is 0.279. The summed E-state index contributed by atoms with van der Waals surface area (Å²) in [5.41, 5.74) is 49.4. The summed E-state index contributed by atoms with van der Waals surface area (Å²) in [6.07, 6.45) is 0. The van der Waals surface area contributed by atoms with Crippen LogP contribution in [0.5, 0.6) is 0 Å². The summed E-state index contributed by atoms with van der Waals surface area (Å²) in [5.74, 6) is -0.0174. The number of hydrogen-bond acceptors (Lipinski definition) is 10. The lowest BCUT2D eigenvalue weighted by molar-refractivity contribution is 0.622. The minimum atomic E-state index is -0.588. The van der Waals surface area contributed by atoms with Crippen molar-refractivity contribution in [3.63, 3.8) is 0 Å². The molecule has 27 heavy (non-hydrogen) atoms. The average Bonchev–Trinajstić information content (AvgIpc) is 2.64. The predicted octanol–water partition coefficient (Wildman–Crippen LogP) is 0.734. The SMILES string of the molecule is Cc1c(N)c(N)c(N)c(N)c1-c1oc2c(N)c(C)c(N)c(N)c2c(=O)c1N. The number of nitrogens with two attached hydrogens (primary N) is 8. The first-order valence-electron chi connectivity index (χ1n) is 7.92. The Kier molecular flexibility index (Phi) is 3.66. The third-order valence-corrected chi connectivity index (χ3v) is 4.91. The standard InChI is InChI=1S/C17H22N8O2/c1-3-5(10(21)13(24)12(23)7(3)18)16-14(25)15(26)6-11(22)8(19)4(2)9(20)17(6)27-16/h18-25H2,1-2H3. The van der Waals surface area contributed by atoms with Gasteiger partial charge in [-0.15, -0.1) is 0 Å². The Morgan fingerprint density at radius 3 is 1.70 bits per heavy atom. The lowest BCUT2D eigenvalue weighted by atomic mass is 9.97. The topological polar surface area (TPSA) is 238 Å². The van der Waals surface area contributed by atoms with E-state index in [0.717, 1.165) is 0 Å². The molecule has 142 valence electrons. The zero-order valence-corrected chi connectivity index (χ0v) is 14.9. The summed E-state index contributed by atoms with van der Waals surface area (Å²) in [4.78, 5) is 12.9. The first-order valence-corrected chi connectivity index (χ1v) is 7.92. The van der Waals surface area contributed by atoms with Gasteiger partial charge in [-0.2, -0.15) is 0 Å². The smallest absolute Gasteiger partial charge is 0.218 e. The molecule has 0 aliphatic heterocycles. The maximum atomic E-state index is 12.9. The van der Waals surface area contributed by atoms with Crippen molar-refractivity contribution >= 4 is 56.5 Å². The van der Waals surface area contributed by atoms with Crippen LogP contribution in [0.15, 0.2) is 9.21 Å². The fourth-order valence-corrected chi connectivity index (χ4v) is 3.08. The van der Waals surface area contributed by atoms with Crippen LogP contribution in [0.3, 0.4) is 0 Å². The van der Waals surface area contributed by atoms with E-state index in [-0.39, 0.29) is 67.8 Å². The van der Waals surface area contributed by atoms with Crippen molar-refractivity contribution in [1.29, 1.82) is 0 Å². The van der Waals surface area contributed by atoms with E-state index < -0.39 is 5.43 Å². The predicted molar refractivity (Wildman–Crippen MR) is 113 cm³/mol. The fourth-order valence-electron chi connectivity index (χ4n) is 3.08. The molecule has 3 aromatic rings. The molecule has 0 saturated heterocycles. The molecule has 16 N–H and O–H groups in total. The second-order valence-corrected chi connectivity index (χ2v) is 6.40. The van der Waals surface area contributed by atoms with Gasteiger partial charge >= 0.3 is 0 Å². The molecule has 0 saturated carbocycles. The molecule has 0 bridgehead atoms. The van der Waals surface area contributed by atoms with E-state index in [0.29, 0.717) is 11.1 Å². The Morgan fingerprint density at radius 2 is 1.11 bits per heavy atom. The van der Waals surface area contributed by atoms with Crippen LogP contribution in [0.25, 0.3) is 22.3 Å². The summed E-state index contributed by atoms with van der Waals surface area (Å²) in [6.45, 7) is 3.32. The third kappa shape index (κ3) is 2.16. The van der Waals surface area contributed by atoms with Crippen LogP contribution < -0.4 is 51.3 Å². The van der Waals surface area contributed by atoms with E-state index in [9.17, 15) is 4.79 Å². The number of benzene rings is 2. The highest BCUT2D eigenvalue weighted by Gasteiger charge is 2.25. The summed E-state index contributed by atoms with van der Waals surface area (Å²) in [5, 5.41) is 0.00413. The second kappa shape index (κ2) is 5.53. The zero-order valence-electron chi connectivity index (χ0n) is 14.9. The van der Waals surface area contributed by atoms with Crippen LogP contribution in [0.4, 0.5) is 45.5 Å². The van der Waals surface area contributed by atoms with Gasteiger partial charge in [-0.3, -0.25) is 4.79 Å². The van der Waals surface area contributed by atoms with Gasteiger partial charge in [-0.1, -0.05) is 0 Å². The molecule has 0 aliphatic carbocycles. The Labute approximate surface area is 154 Å². The largest absolute Gasteiger partial charge is 0.451 e. The molecular formula is C17H22N8O2. The molecule has 10 heteroatoms. The van der Waals surface area contributed by atoms with Crippen molar-refractivity contribution in [1.82, 2.24) is 0 Å². The highest BCUT2D eigenvalue weighted by Crippen LogP contribution is 2.45. The van der Waals surface area contributed by atoms with E-state index in [1.165, 1.54) is 0 Å². The summed E-state index contributed by atoms with van der Waals surface area (Å²) >= 11 is 0. The molecule has 0 unspecified atom stereocenters. The first kappa shape index (κ1) is 17.9. The van der Waals surface area contributed by atoms with Crippen molar-refractivity contribution in [2.24, 2.45) is 0 Å². The van der Waals surface area contributed by atoms with Crippen LogP contribution in [0, 0.1) is 13.8 Å². The number of rotatable bonds is 1. The number of fused-ring (bicyclic) bond motifs is 1. The van der Waals surface area contributed by atoms with E-state index >= 15 is 0 Å². The molecule has 0 aliphatic rings. The molecule has 0 atom stereocenters. The molecule has 0 spiro atoms. The summed E-state index contributed by atoms with van der Waals surface area (Å²) < 4.78 is 5.90. The molecular weight excluding hydrogens is 348 g/mol. The normalized spacial score (nSPS) is 11.2. The maximum Gasteiger partial charge on any atom is 0.218 e. The summed E-state index contributed by atoms with van der Waals surface area (Å²) in [7, 11) is 0. The van der Waals surface area contributed by atoms with E-state index in [1.54, 1.807) is 13.8 Å². The van der Waals surface area contributed by atoms with Crippen molar-refractivity contribution < 1.29 is 4.42 Å². The molecule has 10 nitrogen and oxygen atoms in total. The van der Waals surface area contributed by atoms with Gasteiger partial charge in [0, 0.05) is 11.1 Å². The van der Waals surface area contributed by atoms with E-state index in [1.807, 2.05) is 0 Å². The van der Waals surface area contributed by atoms with Crippen LogP contribution >= 0.6 is 0 Å². The molecule has 1 aromatic heterocycles. The third-order valence-electron chi connectivity index (χ3n) is 4.91. The highest BCUT2D eigenvalue weighted by molar-refractivity contribution is 6.07. The van der Waals surface area contributed by atoms with Crippen molar-refractivity contribution in [2.45, 2.75) is 13.8 Å². The average molecular weight is 370 g/mol. The van der Waals surface area contributed by atoms with Gasteiger partial charge in [0.15, 0.2) is 11.3 Å². The molecule has 0 radical (unpaired) electrons. The number of nitrogen functional groups attached to an aromatic ring is 8. The molecule has 2 aromatic carbocycles. The lowest BCUT2D eigenvalue weighted by Gasteiger charge is -2.19. The Balaban J connectivity index is 2.57. The lowest BCUT2D eigenvalue weighted by Crippen LogP contribution is -2.16. The van der Waals surface area contributed by atoms with Crippen LogP contribution in [-0.2, 0) is 0 Å². The highest BCUT2D eigenvalue weighted by atomic mass is 16.3. The van der Waals surface area contributed by atoms with Crippen LogP contribution in [-0.4, -0.2) is 0 Å². The van der Waals surface area contributed by atoms with E-state index in [4.69, 9.17) is 50.3 Å². The Bertz CT molecular complexity index is 1170. The molecule has 1 heterocycles. The van der Waals surface area contributed by atoms with E-state index in [2.05, 4.69) is 0 Å². The van der Waals surface area contributed by atoms with Crippen molar-refractivity contribution in [2.75, 3.05) is 45.9 Å². The van der Waals surface area contributed by atoms with Gasteiger partial charge in [-0.05, 0) is 19.4 Å². The second-order valence-electron chi connectivity index (χ2n) is 6.40. The van der Waals surface area contributed by atoms with Crippen LogP contribution in [0.2, 0.25) is 0 Å². The summed E-state index contributed by atoms with van der Waals surface area (Å²) in [6, 6.07) is 0. The minimum Gasteiger partial charge on any atom is -0.451 e. The minimum absolute atomic E-state index is 0.00413. The monoisotopic (exact) mass is 370 g/mol. The fraction of sp³-hybridized carbons (Fsp3) is 0.118. The van der Waals surface area contributed by atoms with Gasteiger partial charge in [0.05, 0.1) is 45.2 Å². The Hall–Kier alpha value is -3.95. The molecule has 0 amide bonds. The Morgan fingerprint density at radius 1 is 0.593 bits per heavy atom. The van der Waals surface area contributed by atoms with Gasteiger partial charge < -0.3 is 50.3 Å². The van der Waals surface area contributed by atoms with Gasteiger partial charge in [0.25, 0.3) is 0 Å². The van der Waals surface area contributed by atoms with Gasteiger partial charge in [0.2, 0.25) is 5.43 Å². The van der Waals surface area contributed by atoms with Gasteiger partial charge in [-0.25, -0.2) is 0 Å². The van der Waals surface area contributed by atoms with Crippen LogP contribution in [0.1, 0.15) is 11.1 Å². The first-order chi connectivity index (χ1) is 12.5. The number of hydrogen-bond donors (Lipinski definition) is 8. The molecule has 3 rings (SSSR count). The molecule has 0 fully saturated rings. The number of anilines is 8. The van der Waals surface area contributed by atoms with Crippen molar-refractivity contribution in [3.8, 4) is 11.3 Å². The van der Waals surface area contributed by atoms with Crippen molar-refractivity contribution in [3.05, 3.63) is 21.4 Å². The zero-order chi connectivity index (χ0) is 20.4. The maximum absolute atomic E-state index is 12.9.